The molecule has 33 heavy (non-hydrogen) atoms. The van der Waals surface area contributed by atoms with Crippen molar-refractivity contribution in [3.8, 4) is 17.3 Å². The molecule has 172 valence electrons. The van der Waals surface area contributed by atoms with Crippen LogP contribution < -0.4 is 19.7 Å². The Labute approximate surface area is 192 Å². The first-order valence-corrected chi connectivity index (χ1v) is 11.4. The first-order chi connectivity index (χ1) is 16.1. The van der Waals surface area contributed by atoms with Crippen LogP contribution in [0.1, 0.15) is 48.9 Å². The van der Waals surface area contributed by atoms with Crippen LogP contribution in [0.25, 0.3) is 5.82 Å². The van der Waals surface area contributed by atoms with Crippen LogP contribution in [0.3, 0.4) is 0 Å². The molecule has 9 heteroatoms. The zero-order chi connectivity index (χ0) is 22.9. The Morgan fingerprint density at radius 3 is 2.55 bits per heavy atom. The lowest BCUT2D eigenvalue weighted by molar-refractivity contribution is -0.116. The molecular formula is C24H28N6O3. The Morgan fingerprint density at radius 1 is 1.09 bits per heavy atom. The summed E-state index contributed by atoms with van der Waals surface area (Å²) in [5.41, 5.74) is 2.80. The van der Waals surface area contributed by atoms with E-state index in [4.69, 9.17) is 14.6 Å². The zero-order valence-corrected chi connectivity index (χ0v) is 19.2. The molecule has 1 amide bonds. The van der Waals surface area contributed by atoms with Crippen molar-refractivity contribution in [3.63, 3.8) is 0 Å². The normalized spacial score (nSPS) is 17.6. The average molecular weight is 449 g/mol. The third-order valence-corrected chi connectivity index (χ3v) is 6.28. The minimum absolute atomic E-state index is 0.0665. The summed E-state index contributed by atoms with van der Waals surface area (Å²) in [6, 6.07) is 9.70. The molecule has 1 atom stereocenters. The SMILES string of the molecule is CCOc1ccc([C@H]2CC(=O)Nc3c2c(C)nn3-c2ccc(N3CCCC3)nn2)cc1OC. The number of benzene rings is 1. The first-order valence-electron chi connectivity index (χ1n) is 11.4. The van der Waals surface area contributed by atoms with Gasteiger partial charge in [0.15, 0.2) is 23.1 Å². The Morgan fingerprint density at radius 2 is 1.85 bits per heavy atom. The highest BCUT2D eigenvalue weighted by Crippen LogP contribution is 2.42. The number of carbonyl (C=O) groups excluding carboxylic acids is 1. The number of hydrogen-bond donors (Lipinski definition) is 1. The van der Waals surface area contributed by atoms with Crippen LogP contribution in [0, 0.1) is 6.92 Å². The van der Waals surface area contributed by atoms with Crippen molar-refractivity contribution in [2.45, 2.75) is 39.0 Å². The van der Waals surface area contributed by atoms with Crippen LogP contribution in [0.4, 0.5) is 11.6 Å². The maximum Gasteiger partial charge on any atom is 0.226 e. The van der Waals surface area contributed by atoms with Gasteiger partial charge in [-0.15, -0.1) is 10.2 Å². The van der Waals surface area contributed by atoms with Crippen molar-refractivity contribution in [1.29, 1.82) is 0 Å². The maximum atomic E-state index is 12.7. The summed E-state index contributed by atoms with van der Waals surface area (Å²) >= 11 is 0. The van der Waals surface area contributed by atoms with Crippen LogP contribution in [0.5, 0.6) is 11.5 Å². The standard InChI is InChI=1S/C24H28N6O3/c1-4-33-18-8-7-16(13-19(18)32-3)17-14-22(31)25-24-23(17)15(2)28-30(24)21-10-9-20(26-27-21)29-11-5-6-12-29/h7-10,13,17H,4-6,11-12,14H2,1-3H3,(H,25,31)/t17-/m1/s1. The fourth-order valence-electron chi connectivity index (χ4n) is 4.72. The summed E-state index contributed by atoms with van der Waals surface area (Å²) in [5, 5.41) is 16.6. The smallest absolute Gasteiger partial charge is 0.226 e. The van der Waals surface area contributed by atoms with Crippen molar-refractivity contribution in [2.75, 3.05) is 37.0 Å². The van der Waals surface area contributed by atoms with E-state index in [2.05, 4.69) is 20.4 Å². The third kappa shape index (κ3) is 3.88. The molecule has 1 saturated heterocycles. The predicted molar refractivity (Wildman–Crippen MR) is 125 cm³/mol. The highest BCUT2D eigenvalue weighted by Gasteiger charge is 2.33. The van der Waals surface area contributed by atoms with Crippen LogP contribution in [0.2, 0.25) is 0 Å². The number of methoxy groups -OCH3 is 1. The number of ether oxygens (including phenoxy) is 2. The van der Waals surface area contributed by atoms with Crippen LogP contribution in [0.15, 0.2) is 30.3 Å². The second-order valence-electron chi connectivity index (χ2n) is 8.35. The van der Waals surface area contributed by atoms with Gasteiger partial charge in [0.2, 0.25) is 5.91 Å². The van der Waals surface area contributed by atoms with Gasteiger partial charge in [-0.3, -0.25) is 4.79 Å². The largest absolute Gasteiger partial charge is 0.493 e. The van der Waals surface area contributed by atoms with Gasteiger partial charge in [-0.25, -0.2) is 0 Å². The number of carbonyl (C=O) groups is 1. The molecule has 4 heterocycles. The molecule has 2 aliphatic heterocycles. The summed E-state index contributed by atoms with van der Waals surface area (Å²) in [7, 11) is 1.62. The van der Waals surface area contributed by atoms with Gasteiger partial charge in [-0.1, -0.05) is 6.07 Å². The molecule has 0 aliphatic carbocycles. The molecule has 9 nitrogen and oxygen atoms in total. The van der Waals surface area contributed by atoms with E-state index in [1.165, 1.54) is 12.8 Å². The lowest BCUT2D eigenvalue weighted by Gasteiger charge is -2.25. The summed E-state index contributed by atoms with van der Waals surface area (Å²) in [4.78, 5) is 14.9. The number of rotatable bonds is 6. The summed E-state index contributed by atoms with van der Waals surface area (Å²) in [6.07, 6.45) is 2.69. The monoisotopic (exact) mass is 448 g/mol. The molecule has 0 saturated carbocycles. The molecule has 1 aromatic carbocycles. The first kappa shape index (κ1) is 21.2. The predicted octanol–water partition coefficient (Wildman–Crippen LogP) is 3.45. The highest BCUT2D eigenvalue weighted by atomic mass is 16.5. The van der Waals surface area contributed by atoms with E-state index in [9.17, 15) is 4.79 Å². The maximum absolute atomic E-state index is 12.7. The number of nitrogens with zero attached hydrogens (tertiary/aromatic N) is 5. The lowest BCUT2D eigenvalue weighted by atomic mass is 9.85. The van der Waals surface area contributed by atoms with Crippen molar-refractivity contribution < 1.29 is 14.3 Å². The van der Waals surface area contributed by atoms with Gasteiger partial charge >= 0.3 is 0 Å². The molecule has 2 aromatic heterocycles. The quantitative estimate of drug-likeness (QED) is 0.617. The van der Waals surface area contributed by atoms with Gasteiger partial charge in [0.25, 0.3) is 0 Å². The molecule has 0 bridgehead atoms. The van der Waals surface area contributed by atoms with E-state index in [0.717, 1.165) is 35.7 Å². The number of anilines is 2. The van der Waals surface area contributed by atoms with E-state index in [0.29, 0.717) is 36.2 Å². The Bertz CT molecular complexity index is 1170. The van der Waals surface area contributed by atoms with Crippen molar-refractivity contribution >= 4 is 17.5 Å². The molecule has 1 N–H and O–H groups in total. The minimum atomic E-state index is -0.149. The number of amides is 1. The highest BCUT2D eigenvalue weighted by molar-refractivity contribution is 5.95. The molecule has 0 radical (unpaired) electrons. The minimum Gasteiger partial charge on any atom is -0.493 e. The molecule has 0 spiro atoms. The van der Waals surface area contributed by atoms with Gasteiger partial charge in [-0.05, 0) is 56.5 Å². The number of nitrogens with one attached hydrogen (secondary N) is 1. The molecule has 5 rings (SSSR count). The summed E-state index contributed by atoms with van der Waals surface area (Å²) in [6.45, 7) is 6.46. The van der Waals surface area contributed by atoms with E-state index >= 15 is 0 Å². The van der Waals surface area contributed by atoms with Gasteiger partial charge in [0, 0.05) is 31.0 Å². The molecule has 0 unspecified atom stereocenters. The summed E-state index contributed by atoms with van der Waals surface area (Å²) < 4.78 is 12.9. The van der Waals surface area contributed by atoms with Crippen molar-refractivity contribution in [3.05, 3.63) is 47.2 Å². The fraction of sp³-hybridized carbons (Fsp3) is 0.417. The lowest BCUT2D eigenvalue weighted by Crippen LogP contribution is -2.25. The van der Waals surface area contributed by atoms with Gasteiger partial charge in [0.1, 0.15) is 5.82 Å². The van der Waals surface area contributed by atoms with Crippen molar-refractivity contribution in [1.82, 2.24) is 20.0 Å². The number of aromatic nitrogens is 4. The van der Waals surface area contributed by atoms with E-state index < -0.39 is 0 Å². The van der Waals surface area contributed by atoms with E-state index in [1.807, 2.05) is 44.2 Å². The summed E-state index contributed by atoms with van der Waals surface area (Å²) in [5.74, 6) is 3.21. The third-order valence-electron chi connectivity index (χ3n) is 6.28. The van der Waals surface area contributed by atoms with Gasteiger partial charge in [-0.2, -0.15) is 9.78 Å². The van der Waals surface area contributed by atoms with Gasteiger partial charge in [0.05, 0.1) is 19.4 Å². The van der Waals surface area contributed by atoms with E-state index in [1.54, 1.807) is 11.8 Å². The molecule has 2 aliphatic rings. The molecular weight excluding hydrogens is 420 g/mol. The topological polar surface area (TPSA) is 94.4 Å². The van der Waals surface area contributed by atoms with Crippen LogP contribution in [-0.2, 0) is 4.79 Å². The number of hydrogen-bond acceptors (Lipinski definition) is 7. The Balaban J connectivity index is 1.52. The second-order valence-corrected chi connectivity index (χ2v) is 8.35. The zero-order valence-electron chi connectivity index (χ0n) is 19.2. The molecule has 3 aromatic rings. The van der Waals surface area contributed by atoms with Crippen LogP contribution in [-0.4, -0.2) is 52.7 Å². The second kappa shape index (κ2) is 8.73. The van der Waals surface area contributed by atoms with Crippen LogP contribution >= 0.6 is 0 Å². The molecule has 1 fully saturated rings. The van der Waals surface area contributed by atoms with E-state index in [-0.39, 0.29) is 11.8 Å². The van der Waals surface area contributed by atoms with Gasteiger partial charge < -0.3 is 19.7 Å². The average Bonchev–Trinajstić information content (AvgIpc) is 3.48. The van der Waals surface area contributed by atoms with Crippen molar-refractivity contribution in [2.24, 2.45) is 0 Å². The number of aryl methyl sites for hydroxylation is 1. The number of fused-ring (bicyclic) bond motifs is 1. The Kier molecular flexibility index (Phi) is 5.62. The fourth-order valence-corrected chi connectivity index (χ4v) is 4.72. The Hall–Kier alpha value is -3.62.